The molecule has 0 radical (unpaired) electrons. The highest BCUT2D eigenvalue weighted by Gasteiger charge is 2.09. The quantitative estimate of drug-likeness (QED) is 0.663. The number of halogens is 1. The SMILES string of the molecule is Nc1ccc(F)c(NC(=O)CSc2nncs2)c1. The molecule has 0 saturated heterocycles. The molecule has 0 fully saturated rings. The number of hydrogen-bond donors (Lipinski definition) is 2. The van der Waals surface area contributed by atoms with Gasteiger partial charge in [0.15, 0.2) is 4.34 Å². The van der Waals surface area contributed by atoms with Crippen LogP contribution in [-0.4, -0.2) is 21.9 Å². The molecule has 1 aromatic carbocycles. The van der Waals surface area contributed by atoms with Gasteiger partial charge in [-0.05, 0) is 18.2 Å². The van der Waals surface area contributed by atoms with Crippen LogP contribution in [0.4, 0.5) is 15.8 Å². The van der Waals surface area contributed by atoms with Crippen LogP contribution in [0.2, 0.25) is 0 Å². The zero-order valence-corrected chi connectivity index (χ0v) is 10.7. The van der Waals surface area contributed by atoms with Gasteiger partial charge in [0.2, 0.25) is 5.91 Å². The first-order valence-electron chi connectivity index (χ1n) is 4.89. The fraction of sp³-hybridized carbons (Fsp3) is 0.100. The van der Waals surface area contributed by atoms with E-state index in [1.165, 1.54) is 41.3 Å². The van der Waals surface area contributed by atoms with Crippen molar-refractivity contribution in [3.05, 3.63) is 29.5 Å². The molecule has 8 heteroatoms. The maximum absolute atomic E-state index is 13.3. The molecule has 1 aromatic heterocycles. The molecule has 5 nitrogen and oxygen atoms in total. The Labute approximate surface area is 111 Å². The van der Waals surface area contributed by atoms with E-state index in [-0.39, 0.29) is 17.3 Å². The van der Waals surface area contributed by atoms with Crippen LogP contribution in [0.5, 0.6) is 0 Å². The van der Waals surface area contributed by atoms with E-state index in [2.05, 4.69) is 15.5 Å². The number of thioether (sulfide) groups is 1. The Morgan fingerprint density at radius 3 is 3.11 bits per heavy atom. The fourth-order valence-electron chi connectivity index (χ4n) is 1.18. The molecular weight excluding hydrogens is 275 g/mol. The average Bonchev–Trinajstić information content (AvgIpc) is 2.84. The number of rotatable bonds is 4. The molecule has 0 aliphatic carbocycles. The van der Waals surface area contributed by atoms with E-state index in [9.17, 15) is 9.18 Å². The van der Waals surface area contributed by atoms with Crippen molar-refractivity contribution in [1.29, 1.82) is 0 Å². The third kappa shape index (κ3) is 3.41. The second-order valence-electron chi connectivity index (χ2n) is 3.28. The van der Waals surface area contributed by atoms with Crippen molar-refractivity contribution in [1.82, 2.24) is 10.2 Å². The number of benzene rings is 1. The van der Waals surface area contributed by atoms with Gasteiger partial charge in [-0.25, -0.2) is 4.39 Å². The van der Waals surface area contributed by atoms with Crippen molar-refractivity contribution < 1.29 is 9.18 Å². The van der Waals surface area contributed by atoms with Crippen LogP contribution in [0.25, 0.3) is 0 Å². The molecule has 0 aliphatic rings. The first-order valence-corrected chi connectivity index (χ1v) is 6.75. The Bertz CT molecular complexity index is 547. The van der Waals surface area contributed by atoms with Gasteiger partial charge in [-0.1, -0.05) is 23.1 Å². The van der Waals surface area contributed by atoms with Gasteiger partial charge in [0.05, 0.1) is 11.4 Å². The van der Waals surface area contributed by atoms with Gasteiger partial charge in [0, 0.05) is 5.69 Å². The van der Waals surface area contributed by atoms with Crippen LogP contribution in [-0.2, 0) is 4.79 Å². The number of aromatic nitrogens is 2. The van der Waals surface area contributed by atoms with Crippen molar-refractivity contribution in [2.75, 3.05) is 16.8 Å². The minimum Gasteiger partial charge on any atom is -0.399 e. The molecule has 0 bridgehead atoms. The molecule has 3 N–H and O–H groups in total. The Kier molecular flexibility index (Phi) is 4.11. The molecule has 2 aromatic rings. The van der Waals surface area contributed by atoms with Crippen molar-refractivity contribution >= 4 is 40.4 Å². The van der Waals surface area contributed by atoms with Crippen molar-refractivity contribution in [3.63, 3.8) is 0 Å². The molecule has 0 unspecified atom stereocenters. The van der Waals surface area contributed by atoms with Crippen molar-refractivity contribution in [2.45, 2.75) is 4.34 Å². The van der Waals surface area contributed by atoms with Gasteiger partial charge >= 0.3 is 0 Å². The largest absolute Gasteiger partial charge is 0.399 e. The summed E-state index contributed by atoms with van der Waals surface area (Å²) < 4.78 is 14.0. The van der Waals surface area contributed by atoms with E-state index in [0.717, 1.165) is 0 Å². The highest BCUT2D eigenvalue weighted by Crippen LogP contribution is 2.21. The van der Waals surface area contributed by atoms with E-state index in [4.69, 9.17) is 5.73 Å². The summed E-state index contributed by atoms with van der Waals surface area (Å²) in [7, 11) is 0. The lowest BCUT2D eigenvalue weighted by Gasteiger charge is -2.06. The number of anilines is 2. The van der Waals surface area contributed by atoms with Crippen LogP contribution in [0, 0.1) is 5.82 Å². The summed E-state index contributed by atoms with van der Waals surface area (Å²) in [6.45, 7) is 0. The Hall–Kier alpha value is -1.67. The van der Waals surface area contributed by atoms with Gasteiger partial charge in [-0.3, -0.25) is 4.79 Å². The number of nitrogens with zero attached hydrogens (tertiary/aromatic N) is 2. The summed E-state index contributed by atoms with van der Waals surface area (Å²) in [5, 5.41) is 9.89. The molecule has 94 valence electrons. The summed E-state index contributed by atoms with van der Waals surface area (Å²) in [4.78, 5) is 11.6. The summed E-state index contributed by atoms with van der Waals surface area (Å²) in [6, 6.07) is 4.02. The molecule has 2 rings (SSSR count). The monoisotopic (exact) mass is 284 g/mol. The summed E-state index contributed by atoms with van der Waals surface area (Å²) in [5.74, 6) is -0.693. The fourth-order valence-corrected chi connectivity index (χ4v) is 2.47. The maximum Gasteiger partial charge on any atom is 0.234 e. The van der Waals surface area contributed by atoms with E-state index in [1.807, 2.05) is 0 Å². The molecule has 0 atom stereocenters. The molecule has 1 heterocycles. The average molecular weight is 284 g/mol. The van der Waals surface area contributed by atoms with Gasteiger partial charge in [0.25, 0.3) is 0 Å². The van der Waals surface area contributed by atoms with Crippen LogP contribution in [0.15, 0.2) is 28.0 Å². The first-order chi connectivity index (χ1) is 8.65. The van der Waals surface area contributed by atoms with E-state index >= 15 is 0 Å². The number of carbonyl (C=O) groups excluding carboxylic acids is 1. The Morgan fingerprint density at radius 1 is 1.56 bits per heavy atom. The zero-order valence-electron chi connectivity index (χ0n) is 9.09. The zero-order chi connectivity index (χ0) is 13.0. The topological polar surface area (TPSA) is 80.9 Å². The molecule has 1 amide bonds. The standard InChI is InChI=1S/C10H9FN4OS2/c11-7-2-1-6(12)3-8(7)14-9(16)4-17-10-15-13-5-18-10/h1-3,5H,4,12H2,(H,14,16). The highest BCUT2D eigenvalue weighted by atomic mass is 32.2. The second-order valence-corrected chi connectivity index (χ2v) is 5.34. The van der Waals surface area contributed by atoms with E-state index < -0.39 is 5.82 Å². The molecule has 0 aliphatic heterocycles. The number of amides is 1. The lowest BCUT2D eigenvalue weighted by atomic mass is 10.2. The van der Waals surface area contributed by atoms with Crippen molar-refractivity contribution in [2.24, 2.45) is 0 Å². The summed E-state index contributed by atoms with van der Waals surface area (Å²) >= 11 is 2.59. The van der Waals surface area contributed by atoms with Crippen LogP contribution >= 0.6 is 23.1 Å². The van der Waals surface area contributed by atoms with Gasteiger partial charge in [0.1, 0.15) is 11.3 Å². The third-order valence-corrected chi connectivity index (χ3v) is 3.79. The van der Waals surface area contributed by atoms with Gasteiger partial charge in [-0.2, -0.15) is 0 Å². The molecular formula is C10H9FN4OS2. The van der Waals surface area contributed by atoms with Crippen molar-refractivity contribution in [3.8, 4) is 0 Å². The van der Waals surface area contributed by atoms with E-state index in [0.29, 0.717) is 10.0 Å². The minimum absolute atomic E-state index is 0.0814. The normalized spacial score (nSPS) is 10.3. The van der Waals surface area contributed by atoms with Gasteiger partial charge < -0.3 is 11.1 Å². The Morgan fingerprint density at radius 2 is 2.39 bits per heavy atom. The third-order valence-electron chi connectivity index (χ3n) is 1.93. The van der Waals surface area contributed by atoms with Crippen LogP contribution in [0.1, 0.15) is 0 Å². The molecule has 0 spiro atoms. The lowest BCUT2D eigenvalue weighted by molar-refractivity contribution is -0.113. The van der Waals surface area contributed by atoms with E-state index in [1.54, 1.807) is 5.51 Å². The molecule has 18 heavy (non-hydrogen) atoms. The summed E-state index contributed by atoms with van der Waals surface area (Å²) in [5.41, 5.74) is 7.57. The van der Waals surface area contributed by atoms with Gasteiger partial charge in [-0.15, -0.1) is 10.2 Å². The smallest absolute Gasteiger partial charge is 0.234 e. The maximum atomic E-state index is 13.3. The number of nitrogens with one attached hydrogen (secondary N) is 1. The number of hydrogen-bond acceptors (Lipinski definition) is 6. The molecule has 0 saturated carbocycles. The lowest BCUT2D eigenvalue weighted by Crippen LogP contribution is -2.15. The Balaban J connectivity index is 1.92. The van der Waals surface area contributed by atoms with Crippen LogP contribution < -0.4 is 11.1 Å². The predicted molar refractivity (Wildman–Crippen MR) is 70.1 cm³/mol. The number of nitrogens with two attached hydrogens (primary N) is 1. The number of carbonyl (C=O) groups is 1. The predicted octanol–water partition coefficient (Wildman–Crippen LogP) is 1.99. The second kappa shape index (κ2) is 5.78. The highest BCUT2D eigenvalue weighted by molar-refractivity contribution is 8.01. The van der Waals surface area contributed by atoms with Crippen LogP contribution in [0.3, 0.4) is 0 Å². The number of nitrogen functional groups attached to an aromatic ring is 1. The first kappa shape index (κ1) is 12.8. The minimum atomic E-state index is -0.515. The summed E-state index contributed by atoms with van der Waals surface area (Å²) in [6.07, 6.45) is 0.